The number of amides is 3. The van der Waals surface area contributed by atoms with E-state index in [1.165, 1.54) is 24.7 Å². The Labute approximate surface area is 259 Å². The first-order chi connectivity index (χ1) is 21.5. The first kappa shape index (κ1) is 34.1. The zero-order chi connectivity index (χ0) is 32.8. The Balaban J connectivity index is 1.80. The number of nitrogens with zero attached hydrogens (tertiary/aromatic N) is 2. The molecule has 4 atom stereocenters. The van der Waals surface area contributed by atoms with Crippen molar-refractivity contribution in [1.82, 2.24) is 25.9 Å². The van der Waals surface area contributed by atoms with Gasteiger partial charge in [0.25, 0.3) is 0 Å². The minimum Gasteiger partial charge on any atom is -0.508 e. The third-order valence-corrected chi connectivity index (χ3v) is 6.82. The molecule has 0 saturated heterocycles. The number of rotatable bonds is 17. The number of phenols is 1. The van der Waals surface area contributed by atoms with E-state index in [-0.39, 0.29) is 43.9 Å². The van der Waals surface area contributed by atoms with Gasteiger partial charge < -0.3 is 48.3 Å². The van der Waals surface area contributed by atoms with Crippen LogP contribution < -0.4 is 33.2 Å². The fraction of sp³-hybridized carbons (Fsp3) is 0.333. The number of aliphatic carboxylic acids is 1. The summed E-state index contributed by atoms with van der Waals surface area (Å²) in [5, 5.41) is 27.3. The molecule has 1 aromatic heterocycles. The molecule has 3 amide bonds. The first-order valence-corrected chi connectivity index (χ1v) is 14.3. The summed E-state index contributed by atoms with van der Waals surface area (Å²) >= 11 is 0. The number of phenolic OH excluding ortho intramolecular Hbond substituents is 1. The van der Waals surface area contributed by atoms with E-state index in [2.05, 4.69) is 30.9 Å². The number of aromatic hydroxyl groups is 1. The first-order valence-electron chi connectivity index (χ1n) is 14.3. The summed E-state index contributed by atoms with van der Waals surface area (Å²) in [7, 11) is 0. The van der Waals surface area contributed by atoms with Gasteiger partial charge in [-0.2, -0.15) is 0 Å². The van der Waals surface area contributed by atoms with E-state index >= 15 is 0 Å². The summed E-state index contributed by atoms with van der Waals surface area (Å²) in [6.45, 7) is 0.281. The fourth-order valence-corrected chi connectivity index (χ4v) is 4.43. The molecule has 15 heteroatoms. The number of aromatic nitrogens is 2. The van der Waals surface area contributed by atoms with Crippen LogP contribution in [-0.4, -0.2) is 80.5 Å². The lowest BCUT2D eigenvalue weighted by Gasteiger charge is -2.25. The molecule has 240 valence electrons. The maximum absolute atomic E-state index is 13.7. The molecule has 0 bridgehead atoms. The molecule has 3 aromatic rings. The molecule has 0 radical (unpaired) electrons. The summed E-state index contributed by atoms with van der Waals surface area (Å²) in [5.41, 5.74) is 18.5. The van der Waals surface area contributed by atoms with Gasteiger partial charge in [-0.1, -0.05) is 42.5 Å². The normalized spacial score (nSPS) is 13.4. The van der Waals surface area contributed by atoms with Gasteiger partial charge in [0.05, 0.1) is 12.4 Å². The molecule has 15 nitrogen and oxygen atoms in total. The SMILES string of the molecule is NC(N)=NCCCC(N)C(=O)NC(Cc1ccccc1)C(=O)NC(Cc1ccc(O)cc1)C(=O)NC(Cc1cnc[nH]1)C(=O)O. The van der Waals surface area contributed by atoms with E-state index in [0.717, 1.165) is 5.56 Å². The summed E-state index contributed by atoms with van der Waals surface area (Å²) < 4.78 is 0. The minimum absolute atomic E-state index is 0.00885. The van der Waals surface area contributed by atoms with Crippen LogP contribution in [-0.2, 0) is 38.4 Å². The largest absolute Gasteiger partial charge is 0.508 e. The number of nitrogens with two attached hydrogens (primary N) is 3. The average molecular weight is 622 g/mol. The predicted octanol–water partition coefficient (Wildman–Crippen LogP) is -0.937. The average Bonchev–Trinajstić information content (AvgIpc) is 3.52. The van der Waals surface area contributed by atoms with Crippen LogP contribution >= 0.6 is 0 Å². The molecule has 1 heterocycles. The van der Waals surface area contributed by atoms with Crippen molar-refractivity contribution < 1.29 is 29.4 Å². The molecule has 4 unspecified atom stereocenters. The van der Waals surface area contributed by atoms with Crippen molar-refractivity contribution >= 4 is 29.7 Å². The monoisotopic (exact) mass is 621 g/mol. The molecule has 0 aliphatic rings. The third-order valence-electron chi connectivity index (χ3n) is 6.82. The van der Waals surface area contributed by atoms with Crippen molar-refractivity contribution in [2.24, 2.45) is 22.2 Å². The number of aromatic amines is 1. The van der Waals surface area contributed by atoms with Crippen LogP contribution in [0.2, 0.25) is 0 Å². The number of benzene rings is 2. The molecule has 0 aliphatic heterocycles. The maximum atomic E-state index is 13.7. The molecular weight excluding hydrogens is 582 g/mol. The molecular formula is C30H39N9O6. The Morgan fingerprint density at radius 2 is 1.40 bits per heavy atom. The van der Waals surface area contributed by atoms with Gasteiger partial charge in [0.2, 0.25) is 17.7 Å². The smallest absolute Gasteiger partial charge is 0.326 e. The van der Waals surface area contributed by atoms with Gasteiger partial charge in [-0.3, -0.25) is 19.4 Å². The van der Waals surface area contributed by atoms with Gasteiger partial charge in [-0.25, -0.2) is 9.78 Å². The highest BCUT2D eigenvalue weighted by Gasteiger charge is 2.31. The Hall–Kier alpha value is -5.44. The van der Waals surface area contributed by atoms with Gasteiger partial charge in [0, 0.05) is 37.7 Å². The number of guanidine groups is 1. The van der Waals surface area contributed by atoms with Gasteiger partial charge in [0.15, 0.2) is 5.96 Å². The summed E-state index contributed by atoms with van der Waals surface area (Å²) in [5.74, 6) is -3.37. The quantitative estimate of drug-likeness (QED) is 0.0507. The van der Waals surface area contributed by atoms with Gasteiger partial charge >= 0.3 is 5.97 Å². The molecule has 2 aromatic carbocycles. The van der Waals surface area contributed by atoms with Crippen LogP contribution in [0.15, 0.2) is 72.1 Å². The standard InChI is InChI=1S/C30H39N9O6/c31-22(7-4-12-35-30(32)33)26(41)37-23(13-18-5-2-1-3-6-18)27(42)38-24(14-19-8-10-21(40)11-9-19)28(43)39-25(29(44)45)15-20-16-34-17-36-20/h1-3,5-6,8-11,16-17,22-25,40H,4,7,12-15,31H2,(H,34,36)(H,37,41)(H,38,42)(H,39,43)(H,44,45)(H4,32,33,35). The van der Waals surface area contributed by atoms with E-state index in [4.69, 9.17) is 17.2 Å². The Bertz CT molecular complexity index is 1430. The van der Waals surface area contributed by atoms with E-state index < -0.39 is 47.9 Å². The maximum Gasteiger partial charge on any atom is 0.326 e. The molecule has 0 fully saturated rings. The van der Waals surface area contributed by atoms with Crippen molar-refractivity contribution in [3.05, 3.63) is 83.9 Å². The lowest BCUT2D eigenvalue weighted by Crippen LogP contribution is -2.58. The lowest BCUT2D eigenvalue weighted by molar-refractivity contribution is -0.142. The Morgan fingerprint density at radius 3 is 1.96 bits per heavy atom. The van der Waals surface area contributed by atoms with Crippen LogP contribution in [0.4, 0.5) is 0 Å². The van der Waals surface area contributed by atoms with E-state index in [1.54, 1.807) is 36.4 Å². The van der Waals surface area contributed by atoms with E-state index in [9.17, 15) is 29.4 Å². The number of H-pyrrole nitrogens is 1. The van der Waals surface area contributed by atoms with Crippen molar-refractivity contribution in [1.29, 1.82) is 0 Å². The number of aliphatic imine (C=N–C) groups is 1. The lowest BCUT2D eigenvalue weighted by atomic mass is 10.0. The second-order valence-corrected chi connectivity index (χ2v) is 10.4. The number of carbonyl (C=O) groups excluding carboxylic acids is 3. The zero-order valence-electron chi connectivity index (χ0n) is 24.6. The highest BCUT2D eigenvalue weighted by Crippen LogP contribution is 2.13. The molecule has 0 saturated carbocycles. The molecule has 45 heavy (non-hydrogen) atoms. The fourth-order valence-electron chi connectivity index (χ4n) is 4.43. The number of hydrogen-bond acceptors (Lipinski definition) is 8. The number of imidazole rings is 1. The van der Waals surface area contributed by atoms with Gasteiger partial charge in [0.1, 0.15) is 23.9 Å². The van der Waals surface area contributed by atoms with E-state index in [0.29, 0.717) is 17.7 Å². The zero-order valence-corrected chi connectivity index (χ0v) is 24.6. The van der Waals surface area contributed by atoms with Gasteiger partial charge in [-0.15, -0.1) is 0 Å². The van der Waals surface area contributed by atoms with Crippen molar-refractivity contribution in [2.75, 3.05) is 6.54 Å². The van der Waals surface area contributed by atoms with Crippen LogP contribution in [0, 0.1) is 0 Å². The molecule has 0 aliphatic carbocycles. The van der Waals surface area contributed by atoms with Crippen molar-refractivity contribution in [2.45, 2.75) is 56.3 Å². The van der Waals surface area contributed by atoms with Crippen molar-refractivity contribution in [3.63, 3.8) is 0 Å². The van der Waals surface area contributed by atoms with Crippen LogP contribution in [0.5, 0.6) is 5.75 Å². The van der Waals surface area contributed by atoms with Crippen LogP contribution in [0.3, 0.4) is 0 Å². The topological polar surface area (TPSA) is 264 Å². The molecule has 12 N–H and O–H groups in total. The second-order valence-electron chi connectivity index (χ2n) is 10.4. The van der Waals surface area contributed by atoms with Crippen LogP contribution in [0.1, 0.15) is 29.7 Å². The third kappa shape index (κ3) is 11.6. The van der Waals surface area contributed by atoms with Gasteiger partial charge in [-0.05, 0) is 36.1 Å². The summed E-state index contributed by atoms with van der Waals surface area (Å²) in [6, 6.07) is 10.3. The second kappa shape index (κ2) is 17.0. The van der Waals surface area contributed by atoms with Crippen LogP contribution in [0.25, 0.3) is 0 Å². The molecule has 3 rings (SSSR count). The number of carboxylic acid groups (broad SMARTS) is 1. The Morgan fingerprint density at radius 1 is 0.822 bits per heavy atom. The predicted molar refractivity (Wildman–Crippen MR) is 166 cm³/mol. The van der Waals surface area contributed by atoms with E-state index in [1.807, 2.05) is 6.07 Å². The number of carboxylic acids is 1. The highest BCUT2D eigenvalue weighted by molar-refractivity contribution is 5.94. The molecule has 0 spiro atoms. The summed E-state index contributed by atoms with van der Waals surface area (Å²) in [4.78, 5) is 62.8. The van der Waals surface area contributed by atoms with Crippen molar-refractivity contribution in [3.8, 4) is 5.75 Å². The number of carbonyl (C=O) groups is 4. The Kier molecular flexibility index (Phi) is 12.9. The summed E-state index contributed by atoms with van der Waals surface area (Å²) in [6.07, 6.45) is 3.49. The number of hydrogen-bond donors (Lipinski definition) is 9. The number of nitrogens with one attached hydrogen (secondary N) is 4. The minimum atomic E-state index is -1.33. The highest BCUT2D eigenvalue weighted by atomic mass is 16.4.